The summed E-state index contributed by atoms with van der Waals surface area (Å²) in [7, 11) is 0. The van der Waals surface area contributed by atoms with Crippen LogP contribution in [0.25, 0.3) is 0 Å². The minimum Gasteiger partial charge on any atom is -0.328 e. The molecule has 1 spiro atoms. The molecule has 0 aromatic heterocycles. The van der Waals surface area contributed by atoms with E-state index in [0.717, 1.165) is 32.0 Å². The number of carbonyl (C=O) groups is 1. The van der Waals surface area contributed by atoms with Gasteiger partial charge in [0.2, 0.25) is 5.91 Å². The first-order valence-electron chi connectivity index (χ1n) is 5.85. The summed E-state index contributed by atoms with van der Waals surface area (Å²) in [5.74, 6) is 1.17. The number of amides is 1. The van der Waals surface area contributed by atoms with Gasteiger partial charge in [-0.15, -0.1) is 0 Å². The predicted molar refractivity (Wildman–Crippen MR) is 53.6 cm³/mol. The normalized spacial score (nSPS) is 30.6. The van der Waals surface area contributed by atoms with E-state index in [1.54, 1.807) is 0 Å². The van der Waals surface area contributed by atoms with E-state index in [1.807, 2.05) is 4.90 Å². The average molecular weight is 194 g/mol. The fourth-order valence-electron chi connectivity index (χ4n) is 2.86. The summed E-state index contributed by atoms with van der Waals surface area (Å²) < 4.78 is 0. The molecule has 0 aromatic rings. The van der Waals surface area contributed by atoms with Gasteiger partial charge in [0.1, 0.15) is 0 Å². The summed E-state index contributed by atoms with van der Waals surface area (Å²) in [6, 6.07) is 0. The molecule has 0 radical (unpaired) electrons. The van der Waals surface area contributed by atoms with Crippen LogP contribution in [0.3, 0.4) is 0 Å². The Morgan fingerprint density at radius 2 is 2.07 bits per heavy atom. The van der Waals surface area contributed by atoms with E-state index in [4.69, 9.17) is 0 Å². The maximum Gasteiger partial charge on any atom is 0.243 e. The van der Waals surface area contributed by atoms with Crippen molar-refractivity contribution in [2.24, 2.45) is 5.92 Å². The van der Waals surface area contributed by atoms with Crippen molar-refractivity contribution in [1.29, 1.82) is 0 Å². The third-order valence-corrected chi connectivity index (χ3v) is 4.01. The van der Waals surface area contributed by atoms with Gasteiger partial charge in [-0.25, -0.2) is 0 Å². The number of nitrogens with zero attached hydrogens (tertiary/aromatic N) is 1. The summed E-state index contributed by atoms with van der Waals surface area (Å²) in [6.45, 7) is 1.81. The van der Waals surface area contributed by atoms with Crippen LogP contribution in [0.2, 0.25) is 0 Å². The van der Waals surface area contributed by atoms with Crippen LogP contribution in [-0.4, -0.2) is 29.6 Å². The van der Waals surface area contributed by atoms with Crippen LogP contribution < -0.4 is 5.32 Å². The first-order valence-corrected chi connectivity index (χ1v) is 5.85. The lowest BCUT2D eigenvalue weighted by atomic mass is 10.1. The van der Waals surface area contributed by atoms with E-state index >= 15 is 0 Å². The Balaban J connectivity index is 1.60. The highest BCUT2D eigenvalue weighted by molar-refractivity contribution is 5.91. The number of nitrogens with one attached hydrogen (secondary N) is 1. The molecule has 2 aliphatic carbocycles. The molecule has 1 N–H and O–H groups in total. The molecule has 0 bridgehead atoms. The molecule has 1 saturated heterocycles. The monoisotopic (exact) mass is 194 g/mol. The van der Waals surface area contributed by atoms with Crippen LogP contribution in [-0.2, 0) is 4.79 Å². The Morgan fingerprint density at radius 1 is 1.36 bits per heavy atom. The van der Waals surface area contributed by atoms with E-state index in [2.05, 4.69) is 5.32 Å². The van der Waals surface area contributed by atoms with Crippen LogP contribution in [0.1, 0.15) is 38.5 Å². The first kappa shape index (κ1) is 8.72. The standard InChI is InChI=1S/C11H18N2O/c14-10-11(5-6-11)12-8-13(10)7-9-3-1-2-4-9/h9,12H,1-8H2. The average Bonchev–Trinajstić information content (AvgIpc) is 2.69. The molecule has 3 rings (SSSR count). The number of hydrogen-bond donors (Lipinski definition) is 1. The van der Waals surface area contributed by atoms with Crippen LogP contribution >= 0.6 is 0 Å². The van der Waals surface area contributed by atoms with Gasteiger partial charge in [0.15, 0.2) is 0 Å². The minimum absolute atomic E-state index is 0.0847. The van der Waals surface area contributed by atoms with Crippen molar-refractivity contribution in [3.63, 3.8) is 0 Å². The molecule has 2 saturated carbocycles. The van der Waals surface area contributed by atoms with Crippen molar-refractivity contribution < 1.29 is 4.79 Å². The van der Waals surface area contributed by atoms with Crippen molar-refractivity contribution in [1.82, 2.24) is 10.2 Å². The topological polar surface area (TPSA) is 32.3 Å². The largest absolute Gasteiger partial charge is 0.328 e. The highest BCUT2D eigenvalue weighted by Crippen LogP contribution is 2.40. The molecule has 3 nitrogen and oxygen atoms in total. The van der Waals surface area contributed by atoms with Gasteiger partial charge in [0.25, 0.3) is 0 Å². The second kappa shape index (κ2) is 2.96. The molecule has 0 unspecified atom stereocenters. The van der Waals surface area contributed by atoms with Gasteiger partial charge in [0.05, 0.1) is 12.2 Å². The second-order valence-electron chi connectivity index (χ2n) is 5.10. The van der Waals surface area contributed by atoms with Gasteiger partial charge in [-0.2, -0.15) is 0 Å². The maximum atomic E-state index is 11.9. The van der Waals surface area contributed by atoms with E-state index in [0.29, 0.717) is 5.91 Å². The van der Waals surface area contributed by atoms with Gasteiger partial charge in [-0.1, -0.05) is 12.8 Å². The molecular weight excluding hydrogens is 176 g/mol. The van der Waals surface area contributed by atoms with Gasteiger partial charge in [-0.3, -0.25) is 10.1 Å². The molecule has 3 aliphatic rings. The lowest BCUT2D eigenvalue weighted by Gasteiger charge is -2.19. The third kappa shape index (κ3) is 1.26. The van der Waals surface area contributed by atoms with E-state index in [1.165, 1.54) is 25.7 Å². The van der Waals surface area contributed by atoms with Crippen molar-refractivity contribution in [2.75, 3.05) is 13.2 Å². The summed E-state index contributed by atoms with van der Waals surface area (Å²) in [5, 5.41) is 3.36. The summed E-state index contributed by atoms with van der Waals surface area (Å²) in [6.07, 6.45) is 7.52. The number of rotatable bonds is 2. The number of carbonyl (C=O) groups excluding carboxylic acids is 1. The molecular formula is C11H18N2O. The van der Waals surface area contributed by atoms with Gasteiger partial charge < -0.3 is 4.90 Å². The molecule has 78 valence electrons. The Bertz CT molecular complexity index is 254. The lowest BCUT2D eigenvalue weighted by molar-refractivity contribution is -0.130. The van der Waals surface area contributed by atoms with Gasteiger partial charge in [0, 0.05) is 6.54 Å². The molecule has 0 aromatic carbocycles. The Hall–Kier alpha value is -0.570. The minimum atomic E-state index is -0.0847. The Labute approximate surface area is 84.8 Å². The van der Waals surface area contributed by atoms with Crippen LogP contribution in [0.5, 0.6) is 0 Å². The van der Waals surface area contributed by atoms with Crippen molar-refractivity contribution in [3.8, 4) is 0 Å². The van der Waals surface area contributed by atoms with Gasteiger partial charge in [-0.05, 0) is 31.6 Å². The molecule has 1 heterocycles. The van der Waals surface area contributed by atoms with Crippen LogP contribution in [0.4, 0.5) is 0 Å². The molecule has 3 heteroatoms. The molecule has 1 amide bonds. The van der Waals surface area contributed by atoms with Crippen molar-refractivity contribution >= 4 is 5.91 Å². The van der Waals surface area contributed by atoms with Gasteiger partial charge >= 0.3 is 0 Å². The second-order valence-corrected chi connectivity index (χ2v) is 5.10. The van der Waals surface area contributed by atoms with Crippen LogP contribution in [0.15, 0.2) is 0 Å². The lowest BCUT2D eigenvalue weighted by Crippen LogP contribution is -2.34. The molecule has 0 atom stereocenters. The molecule has 14 heavy (non-hydrogen) atoms. The highest BCUT2D eigenvalue weighted by Gasteiger charge is 2.55. The summed E-state index contributed by atoms with van der Waals surface area (Å²) in [4.78, 5) is 14.0. The van der Waals surface area contributed by atoms with Crippen molar-refractivity contribution in [2.45, 2.75) is 44.1 Å². The zero-order valence-corrected chi connectivity index (χ0v) is 8.59. The Kier molecular flexibility index (Phi) is 1.84. The zero-order valence-electron chi connectivity index (χ0n) is 8.59. The third-order valence-electron chi connectivity index (χ3n) is 4.01. The zero-order chi connectivity index (χ0) is 9.60. The van der Waals surface area contributed by atoms with E-state index in [9.17, 15) is 4.79 Å². The van der Waals surface area contributed by atoms with Crippen molar-refractivity contribution in [3.05, 3.63) is 0 Å². The quantitative estimate of drug-likeness (QED) is 0.714. The fraction of sp³-hybridized carbons (Fsp3) is 0.909. The van der Waals surface area contributed by atoms with E-state index in [-0.39, 0.29) is 5.54 Å². The van der Waals surface area contributed by atoms with E-state index < -0.39 is 0 Å². The highest BCUT2D eigenvalue weighted by atomic mass is 16.2. The van der Waals surface area contributed by atoms with Crippen LogP contribution in [0, 0.1) is 5.92 Å². The summed E-state index contributed by atoms with van der Waals surface area (Å²) in [5.41, 5.74) is -0.0847. The smallest absolute Gasteiger partial charge is 0.243 e. The molecule has 3 fully saturated rings. The molecule has 1 aliphatic heterocycles. The number of hydrogen-bond acceptors (Lipinski definition) is 2. The summed E-state index contributed by atoms with van der Waals surface area (Å²) >= 11 is 0. The maximum absolute atomic E-state index is 11.9. The first-order chi connectivity index (χ1) is 6.80. The fourth-order valence-corrected chi connectivity index (χ4v) is 2.86. The predicted octanol–water partition coefficient (Wildman–Crippen LogP) is 1.10. The SMILES string of the molecule is O=C1N(CC2CCCC2)CNC12CC2. The Morgan fingerprint density at radius 3 is 2.64 bits per heavy atom.